The standard InChI is InChI=1S/C13H23N3O4/c1-4-14-12-11(18-3)13(16-10-15-12)20-7-5-6-19-9-8-17-2/h10H,4-9H2,1-3H3,(H,14,15,16). The van der Waals surface area contributed by atoms with E-state index in [1.54, 1.807) is 14.2 Å². The van der Waals surface area contributed by atoms with Crippen LogP contribution < -0.4 is 14.8 Å². The van der Waals surface area contributed by atoms with E-state index < -0.39 is 0 Å². The Labute approximate surface area is 119 Å². The first-order valence-corrected chi connectivity index (χ1v) is 6.65. The molecule has 0 spiro atoms. The molecule has 0 amide bonds. The highest BCUT2D eigenvalue weighted by atomic mass is 16.5. The number of ether oxygens (including phenoxy) is 4. The van der Waals surface area contributed by atoms with Crippen molar-refractivity contribution in [2.24, 2.45) is 0 Å². The molecule has 0 radical (unpaired) electrons. The van der Waals surface area contributed by atoms with Gasteiger partial charge in [0.25, 0.3) is 5.88 Å². The largest absolute Gasteiger partial charge is 0.489 e. The van der Waals surface area contributed by atoms with Gasteiger partial charge in [-0.1, -0.05) is 0 Å². The Hall–Kier alpha value is -1.60. The van der Waals surface area contributed by atoms with Crippen LogP contribution in [0.4, 0.5) is 5.82 Å². The maximum atomic E-state index is 5.59. The van der Waals surface area contributed by atoms with Gasteiger partial charge >= 0.3 is 0 Å². The highest BCUT2D eigenvalue weighted by molar-refractivity contribution is 5.54. The highest BCUT2D eigenvalue weighted by Gasteiger charge is 2.12. The highest BCUT2D eigenvalue weighted by Crippen LogP contribution is 2.30. The van der Waals surface area contributed by atoms with Gasteiger partial charge in [-0.25, -0.2) is 4.98 Å². The molecule has 0 unspecified atom stereocenters. The summed E-state index contributed by atoms with van der Waals surface area (Å²) in [7, 11) is 3.22. The van der Waals surface area contributed by atoms with Crippen LogP contribution in [0.2, 0.25) is 0 Å². The molecule has 0 atom stereocenters. The van der Waals surface area contributed by atoms with E-state index in [0.29, 0.717) is 43.9 Å². The molecule has 7 heteroatoms. The maximum Gasteiger partial charge on any atom is 0.262 e. The van der Waals surface area contributed by atoms with Gasteiger partial charge in [-0.3, -0.25) is 0 Å². The summed E-state index contributed by atoms with van der Waals surface area (Å²) in [6, 6.07) is 0. The Morgan fingerprint density at radius 2 is 1.95 bits per heavy atom. The lowest BCUT2D eigenvalue weighted by Gasteiger charge is -2.12. The van der Waals surface area contributed by atoms with E-state index in [1.165, 1.54) is 6.33 Å². The summed E-state index contributed by atoms with van der Waals surface area (Å²) < 4.78 is 21.1. The number of hydrogen-bond donors (Lipinski definition) is 1. The molecule has 1 heterocycles. The van der Waals surface area contributed by atoms with E-state index in [2.05, 4.69) is 15.3 Å². The third kappa shape index (κ3) is 5.58. The SMILES string of the molecule is CCNc1ncnc(OCCCOCCOC)c1OC. The summed E-state index contributed by atoms with van der Waals surface area (Å²) in [5.41, 5.74) is 0. The minimum absolute atomic E-state index is 0.440. The lowest BCUT2D eigenvalue weighted by atomic mass is 10.4. The van der Waals surface area contributed by atoms with Gasteiger partial charge in [0.1, 0.15) is 6.33 Å². The number of rotatable bonds is 11. The van der Waals surface area contributed by atoms with E-state index in [4.69, 9.17) is 18.9 Å². The third-order valence-corrected chi connectivity index (χ3v) is 2.42. The Morgan fingerprint density at radius 3 is 2.65 bits per heavy atom. The molecule has 7 nitrogen and oxygen atoms in total. The van der Waals surface area contributed by atoms with Crippen LogP contribution in [-0.2, 0) is 9.47 Å². The van der Waals surface area contributed by atoms with Crippen molar-refractivity contribution in [3.05, 3.63) is 6.33 Å². The Bertz CT molecular complexity index is 377. The van der Waals surface area contributed by atoms with E-state index in [1.807, 2.05) is 6.92 Å². The van der Waals surface area contributed by atoms with Crippen molar-refractivity contribution in [1.29, 1.82) is 0 Å². The second-order valence-electron chi connectivity index (χ2n) is 3.90. The quantitative estimate of drug-likeness (QED) is 0.615. The molecule has 0 saturated carbocycles. The van der Waals surface area contributed by atoms with Crippen molar-refractivity contribution in [3.63, 3.8) is 0 Å². The van der Waals surface area contributed by atoms with Crippen LogP contribution in [0.3, 0.4) is 0 Å². The predicted octanol–water partition coefficient (Wildman–Crippen LogP) is 1.35. The topological polar surface area (TPSA) is 74.7 Å². The van der Waals surface area contributed by atoms with Gasteiger partial charge in [0.2, 0.25) is 5.75 Å². The minimum Gasteiger partial charge on any atom is -0.489 e. The second kappa shape index (κ2) is 10.2. The van der Waals surface area contributed by atoms with Crippen molar-refractivity contribution in [2.45, 2.75) is 13.3 Å². The summed E-state index contributed by atoms with van der Waals surface area (Å²) in [6.45, 7) is 5.06. The summed E-state index contributed by atoms with van der Waals surface area (Å²) in [5, 5.41) is 3.10. The van der Waals surface area contributed by atoms with Crippen molar-refractivity contribution in [2.75, 3.05) is 52.5 Å². The van der Waals surface area contributed by atoms with Crippen LogP contribution in [0, 0.1) is 0 Å². The van der Waals surface area contributed by atoms with Gasteiger partial charge in [0, 0.05) is 26.7 Å². The monoisotopic (exact) mass is 285 g/mol. The van der Waals surface area contributed by atoms with E-state index in [-0.39, 0.29) is 0 Å². The molecule has 0 aromatic carbocycles. The van der Waals surface area contributed by atoms with Crippen molar-refractivity contribution >= 4 is 5.82 Å². The van der Waals surface area contributed by atoms with E-state index in [0.717, 1.165) is 13.0 Å². The van der Waals surface area contributed by atoms with E-state index >= 15 is 0 Å². The average molecular weight is 285 g/mol. The fourth-order valence-corrected chi connectivity index (χ4v) is 1.51. The summed E-state index contributed by atoms with van der Waals surface area (Å²) in [6.07, 6.45) is 2.22. The smallest absolute Gasteiger partial charge is 0.262 e. The number of anilines is 1. The first-order chi connectivity index (χ1) is 9.83. The van der Waals surface area contributed by atoms with Crippen molar-refractivity contribution in [3.8, 4) is 11.6 Å². The molecule has 114 valence electrons. The number of hydrogen-bond acceptors (Lipinski definition) is 7. The molecule has 1 aromatic rings. The molecule has 20 heavy (non-hydrogen) atoms. The number of nitrogens with zero attached hydrogens (tertiary/aromatic N) is 2. The maximum absolute atomic E-state index is 5.59. The van der Waals surface area contributed by atoms with Gasteiger partial charge < -0.3 is 24.3 Å². The third-order valence-electron chi connectivity index (χ3n) is 2.42. The zero-order valence-electron chi connectivity index (χ0n) is 12.3. The van der Waals surface area contributed by atoms with Gasteiger partial charge in [-0.05, 0) is 6.92 Å². The van der Waals surface area contributed by atoms with Crippen LogP contribution in [-0.4, -0.2) is 57.2 Å². The molecule has 1 N–H and O–H groups in total. The summed E-state index contributed by atoms with van der Waals surface area (Å²) in [4.78, 5) is 8.19. The van der Waals surface area contributed by atoms with Gasteiger partial charge in [-0.15, -0.1) is 0 Å². The van der Waals surface area contributed by atoms with E-state index in [9.17, 15) is 0 Å². The molecule has 1 aromatic heterocycles. The van der Waals surface area contributed by atoms with Crippen LogP contribution in [0.1, 0.15) is 13.3 Å². The average Bonchev–Trinajstić information content (AvgIpc) is 2.47. The van der Waals surface area contributed by atoms with Crippen LogP contribution in [0.25, 0.3) is 0 Å². The Morgan fingerprint density at radius 1 is 1.10 bits per heavy atom. The van der Waals surface area contributed by atoms with Crippen LogP contribution >= 0.6 is 0 Å². The summed E-state index contributed by atoms with van der Waals surface area (Å²) >= 11 is 0. The lowest BCUT2D eigenvalue weighted by Crippen LogP contribution is -2.09. The normalized spacial score (nSPS) is 10.3. The van der Waals surface area contributed by atoms with Crippen molar-refractivity contribution < 1.29 is 18.9 Å². The molecular formula is C13H23N3O4. The van der Waals surface area contributed by atoms with Gasteiger partial charge in [0.15, 0.2) is 5.82 Å². The first-order valence-electron chi connectivity index (χ1n) is 6.65. The Balaban J connectivity index is 2.37. The fourth-order valence-electron chi connectivity index (χ4n) is 1.51. The molecule has 0 fully saturated rings. The van der Waals surface area contributed by atoms with Gasteiger partial charge in [-0.2, -0.15) is 4.98 Å². The lowest BCUT2D eigenvalue weighted by molar-refractivity contribution is 0.0640. The van der Waals surface area contributed by atoms with Crippen molar-refractivity contribution in [1.82, 2.24) is 9.97 Å². The molecule has 0 aliphatic carbocycles. The second-order valence-corrected chi connectivity index (χ2v) is 3.90. The summed E-state index contributed by atoms with van der Waals surface area (Å²) in [5.74, 6) is 1.60. The molecule has 0 saturated heterocycles. The molecule has 0 aliphatic heterocycles. The number of aromatic nitrogens is 2. The molecular weight excluding hydrogens is 262 g/mol. The number of methoxy groups -OCH3 is 2. The minimum atomic E-state index is 0.440. The zero-order chi connectivity index (χ0) is 14.6. The van der Waals surface area contributed by atoms with Gasteiger partial charge in [0.05, 0.1) is 26.9 Å². The predicted molar refractivity (Wildman–Crippen MR) is 75.6 cm³/mol. The molecule has 0 aliphatic rings. The fraction of sp³-hybridized carbons (Fsp3) is 0.692. The Kier molecular flexibility index (Phi) is 8.41. The van der Waals surface area contributed by atoms with Crippen LogP contribution in [0.5, 0.6) is 11.6 Å². The zero-order valence-corrected chi connectivity index (χ0v) is 12.3. The molecule has 1 rings (SSSR count). The first kappa shape index (κ1) is 16.5. The molecule has 0 bridgehead atoms. The van der Waals surface area contributed by atoms with Crippen LogP contribution in [0.15, 0.2) is 6.33 Å². The number of nitrogens with one attached hydrogen (secondary N) is 1.